The van der Waals surface area contributed by atoms with Crippen molar-refractivity contribution in [2.24, 2.45) is 5.92 Å². The summed E-state index contributed by atoms with van der Waals surface area (Å²) in [5, 5.41) is 8.65. The molecule has 2 heterocycles. The van der Waals surface area contributed by atoms with E-state index in [1.54, 1.807) is 16.2 Å². The Morgan fingerprint density at radius 3 is 2.74 bits per heavy atom. The summed E-state index contributed by atoms with van der Waals surface area (Å²) < 4.78 is 5.53. The summed E-state index contributed by atoms with van der Waals surface area (Å²) in [7, 11) is 1.82. The zero-order valence-electron chi connectivity index (χ0n) is 18.1. The number of esters is 1. The average molecular weight is 458 g/mol. The van der Waals surface area contributed by atoms with Gasteiger partial charge >= 0.3 is 5.97 Å². The lowest BCUT2D eigenvalue weighted by atomic mass is 9.94. The van der Waals surface area contributed by atoms with Gasteiger partial charge in [0, 0.05) is 23.3 Å². The van der Waals surface area contributed by atoms with Crippen molar-refractivity contribution in [2.45, 2.75) is 33.2 Å². The number of anilines is 1. The molecule has 1 unspecified atom stereocenters. The Hall–Kier alpha value is -2.71. The minimum atomic E-state index is -0.461. The molecule has 1 aliphatic heterocycles. The molecule has 0 spiro atoms. The second kappa shape index (κ2) is 10.1. The van der Waals surface area contributed by atoms with E-state index in [0.717, 1.165) is 16.1 Å². The van der Waals surface area contributed by atoms with Gasteiger partial charge in [0.1, 0.15) is 0 Å². The molecule has 0 fully saturated rings. The molecular weight excluding hydrogens is 430 g/mol. The monoisotopic (exact) mass is 457 g/mol. The predicted octanol–water partition coefficient (Wildman–Crippen LogP) is 4.26. The van der Waals surface area contributed by atoms with Gasteiger partial charge in [0.15, 0.2) is 5.11 Å². The van der Waals surface area contributed by atoms with Crippen molar-refractivity contribution in [3.8, 4) is 0 Å². The molecule has 0 radical (unpaired) electrons. The van der Waals surface area contributed by atoms with E-state index in [9.17, 15) is 9.59 Å². The first kappa shape index (κ1) is 23.0. The minimum Gasteiger partial charge on any atom is -0.462 e. The SMILES string of the molecule is CC1=C(C(=O)OCC(C)C)C(c2cccc(NC(=O)Cc3cccs3)c2)NC(=S)N1C. The molecular formula is C23H27N3O3S2. The first-order chi connectivity index (χ1) is 14.8. The van der Waals surface area contributed by atoms with Gasteiger partial charge in [0.05, 0.1) is 24.6 Å². The van der Waals surface area contributed by atoms with Crippen LogP contribution < -0.4 is 10.6 Å². The highest BCUT2D eigenvalue weighted by molar-refractivity contribution is 7.80. The summed E-state index contributed by atoms with van der Waals surface area (Å²) in [6.45, 7) is 6.19. The largest absolute Gasteiger partial charge is 0.462 e. The molecule has 1 amide bonds. The highest BCUT2D eigenvalue weighted by Crippen LogP contribution is 2.32. The second-order valence-corrected chi connectivity index (χ2v) is 9.28. The molecule has 6 nitrogen and oxygen atoms in total. The highest BCUT2D eigenvalue weighted by Gasteiger charge is 2.33. The Balaban J connectivity index is 1.85. The molecule has 0 bridgehead atoms. The van der Waals surface area contributed by atoms with Crippen LogP contribution in [0.25, 0.3) is 0 Å². The third kappa shape index (κ3) is 5.71. The van der Waals surface area contributed by atoms with Crippen molar-refractivity contribution in [3.05, 3.63) is 63.5 Å². The van der Waals surface area contributed by atoms with E-state index in [1.165, 1.54) is 0 Å². The number of carbonyl (C=O) groups is 2. The number of carbonyl (C=O) groups excluding carboxylic acids is 2. The number of amides is 1. The maximum Gasteiger partial charge on any atom is 0.338 e. The molecule has 1 aliphatic rings. The molecule has 0 saturated heterocycles. The van der Waals surface area contributed by atoms with Crippen LogP contribution in [0.5, 0.6) is 0 Å². The van der Waals surface area contributed by atoms with Gasteiger partial charge in [-0.05, 0) is 54.2 Å². The van der Waals surface area contributed by atoms with E-state index in [2.05, 4.69) is 10.6 Å². The van der Waals surface area contributed by atoms with Gasteiger partial charge < -0.3 is 20.3 Å². The molecule has 1 aromatic carbocycles. The third-order valence-electron chi connectivity index (χ3n) is 4.94. The molecule has 31 heavy (non-hydrogen) atoms. The number of thiocarbonyl (C=S) groups is 1. The van der Waals surface area contributed by atoms with Crippen molar-refractivity contribution in [2.75, 3.05) is 19.0 Å². The second-order valence-electron chi connectivity index (χ2n) is 7.86. The van der Waals surface area contributed by atoms with Crippen molar-refractivity contribution in [3.63, 3.8) is 0 Å². The number of nitrogens with one attached hydrogen (secondary N) is 2. The van der Waals surface area contributed by atoms with Crippen molar-refractivity contribution in [1.29, 1.82) is 0 Å². The molecule has 164 valence electrons. The van der Waals surface area contributed by atoms with Gasteiger partial charge in [0.2, 0.25) is 5.91 Å². The Morgan fingerprint density at radius 2 is 2.06 bits per heavy atom. The van der Waals surface area contributed by atoms with Crippen LogP contribution in [0.1, 0.15) is 37.3 Å². The molecule has 8 heteroatoms. The molecule has 3 rings (SSSR count). The van der Waals surface area contributed by atoms with Crippen LogP contribution >= 0.6 is 23.6 Å². The van der Waals surface area contributed by atoms with Gasteiger partial charge in [-0.15, -0.1) is 11.3 Å². The number of allylic oxidation sites excluding steroid dienone is 1. The standard InChI is InChI=1S/C23H27N3O3S2/c1-14(2)13-29-22(28)20-15(3)26(4)23(30)25-21(20)16-7-5-8-17(11-16)24-19(27)12-18-9-6-10-31-18/h5-11,14,21H,12-13H2,1-4H3,(H,24,27)(H,25,30). The van der Waals surface area contributed by atoms with Crippen LogP contribution in [-0.4, -0.2) is 35.5 Å². The topological polar surface area (TPSA) is 70.7 Å². The Bertz CT molecular complexity index is 999. The fourth-order valence-electron chi connectivity index (χ4n) is 3.24. The van der Waals surface area contributed by atoms with E-state index in [1.807, 2.05) is 69.6 Å². The normalized spacial score (nSPS) is 16.4. The van der Waals surface area contributed by atoms with E-state index in [0.29, 0.717) is 29.4 Å². The lowest BCUT2D eigenvalue weighted by Crippen LogP contribution is -2.46. The Labute approximate surface area is 192 Å². The quantitative estimate of drug-likeness (QED) is 0.478. The number of hydrogen-bond donors (Lipinski definition) is 2. The van der Waals surface area contributed by atoms with E-state index >= 15 is 0 Å². The number of ether oxygens (including phenoxy) is 1. The molecule has 1 atom stereocenters. The summed E-state index contributed by atoms with van der Waals surface area (Å²) in [5.41, 5.74) is 2.74. The van der Waals surface area contributed by atoms with Gasteiger partial charge in [0.25, 0.3) is 0 Å². The molecule has 0 aliphatic carbocycles. The fourth-order valence-corrected chi connectivity index (χ4v) is 4.20. The van der Waals surface area contributed by atoms with Gasteiger partial charge in [-0.25, -0.2) is 4.79 Å². The van der Waals surface area contributed by atoms with Gasteiger partial charge in [-0.3, -0.25) is 4.79 Å². The van der Waals surface area contributed by atoms with E-state index in [4.69, 9.17) is 17.0 Å². The summed E-state index contributed by atoms with van der Waals surface area (Å²) in [6.07, 6.45) is 0.324. The lowest BCUT2D eigenvalue weighted by molar-refractivity contribution is -0.140. The lowest BCUT2D eigenvalue weighted by Gasteiger charge is -2.35. The average Bonchev–Trinajstić information content (AvgIpc) is 3.23. The summed E-state index contributed by atoms with van der Waals surface area (Å²) in [5.74, 6) is -0.222. The fraction of sp³-hybridized carbons (Fsp3) is 0.348. The Morgan fingerprint density at radius 1 is 1.29 bits per heavy atom. The van der Waals surface area contributed by atoms with Crippen LogP contribution in [0.15, 0.2) is 53.0 Å². The molecule has 1 aromatic heterocycles. The van der Waals surface area contributed by atoms with Crippen LogP contribution in [0.3, 0.4) is 0 Å². The molecule has 0 saturated carbocycles. The van der Waals surface area contributed by atoms with E-state index in [-0.39, 0.29) is 17.8 Å². The smallest absolute Gasteiger partial charge is 0.338 e. The number of rotatable bonds is 7. The third-order valence-corrected chi connectivity index (χ3v) is 6.21. The van der Waals surface area contributed by atoms with Crippen molar-refractivity contribution >= 4 is 46.2 Å². The minimum absolute atomic E-state index is 0.0882. The number of nitrogens with zero attached hydrogens (tertiary/aromatic N) is 1. The molecule has 2 N–H and O–H groups in total. The summed E-state index contributed by atoms with van der Waals surface area (Å²) >= 11 is 7.01. The first-order valence-electron chi connectivity index (χ1n) is 10.1. The molecule has 2 aromatic rings. The maximum absolute atomic E-state index is 12.9. The number of hydrogen-bond acceptors (Lipinski definition) is 5. The van der Waals surface area contributed by atoms with Gasteiger partial charge in [-0.1, -0.05) is 32.0 Å². The van der Waals surface area contributed by atoms with Crippen LogP contribution in [0.2, 0.25) is 0 Å². The van der Waals surface area contributed by atoms with Crippen molar-refractivity contribution < 1.29 is 14.3 Å². The van der Waals surface area contributed by atoms with Crippen LogP contribution in [-0.2, 0) is 20.7 Å². The van der Waals surface area contributed by atoms with Gasteiger partial charge in [-0.2, -0.15) is 0 Å². The van der Waals surface area contributed by atoms with Crippen molar-refractivity contribution in [1.82, 2.24) is 10.2 Å². The summed E-state index contributed by atoms with van der Waals surface area (Å²) in [6, 6.07) is 10.9. The highest BCUT2D eigenvalue weighted by atomic mass is 32.1. The number of thiophene rings is 1. The first-order valence-corrected chi connectivity index (χ1v) is 11.4. The predicted molar refractivity (Wildman–Crippen MR) is 128 cm³/mol. The zero-order valence-corrected chi connectivity index (χ0v) is 19.7. The van der Waals surface area contributed by atoms with Crippen LogP contribution in [0.4, 0.5) is 5.69 Å². The van der Waals surface area contributed by atoms with Crippen LogP contribution in [0, 0.1) is 5.92 Å². The maximum atomic E-state index is 12.9. The number of benzene rings is 1. The van der Waals surface area contributed by atoms with E-state index < -0.39 is 6.04 Å². The Kier molecular flexibility index (Phi) is 7.46. The summed E-state index contributed by atoms with van der Waals surface area (Å²) in [4.78, 5) is 28.1. The zero-order chi connectivity index (χ0) is 22.5.